The molecule has 0 aliphatic rings. The predicted molar refractivity (Wildman–Crippen MR) is 104 cm³/mol. The lowest BCUT2D eigenvalue weighted by Crippen LogP contribution is -2.20. The van der Waals surface area contributed by atoms with Crippen molar-refractivity contribution in [2.75, 3.05) is 4.72 Å². The summed E-state index contributed by atoms with van der Waals surface area (Å²) in [6.07, 6.45) is 1.58. The summed E-state index contributed by atoms with van der Waals surface area (Å²) >= 11 is 0. The van der Waals surface area contributed by atoms with Gasteiger partial charge < -0.3 is 0 Å². The van der Waals surface area contributed by atoms with Crippen LogP contribution in [0.5, 0.6) is 0 Å². The zero-order valence-electron chi connectivity index (χ0n) is 15.4. The van der Waals surface area contributed by atoms with Crippen LogP contribution < -0.4 is 4.72 Å². The largest absolute Gasteiger partial charge is 0.279 e. The molecule has 0 saturated carbocycles. The summed E-state index contributed by atoms with van der Waals surface area (Å²) in [6.45, 7) is 7.74. The lowest BCUT2D eigenvalue weighted by molar-refractivity contribution is 0.543. The lowest BCUT2D eigenvalue weighted by Gasteiger charge is -2.18. The van der Waals surface area contributed by atoms with Gasteiger partial charge in [0.05, 0.1) is 23.3 Å². The highest BCUT2D eigenvalue weighted by Gasteiger charge is 2.30. The summed E-state index contributed by atoms with van der Waals surface area (Å²) in [5.41, 5.74) is 2.36. The molecule has 0 atom stereocenters. The Kier molecular flexibility index (Phi) is 4.63. The molecule has 0 fully saturated rings. The first-order valence-electron chi connectivity index (χ1n) is 8.42. The third kappa shape index (κ3) is 3.65. The third-order valence-electron chi connectivity index (χ3n) is 4.09. The number of sulfonamides is 1. The molecule has 0 amide bonds. The van der Waals surface area contributed by atoms with Gasteiger partial charge in [-0.05, 0) is 30.7 Å². The van der Waals surface area contributed by atoms with E-state index in [0.717, 1.165) is 11.3 Å². The fourth-order valence-electron chi connectivity index (χ4n) is 2.67. The van der Waals surface area contributed by atoms with E-state index < -0.39 is 15.4 Å². The number of para-hydroxylation sites is 2. The normalized spacial score (nSPS) is 12.2. The fourth-order valence-corrected chi connectivity index (χ4v) is 4.14. The van der Waals surface area contributed by atoms with Crippen molar-refractivity contribution in [3.63, 3.8) is 0 Å². The molecule has 0 aliphatic carbocycles. The van der Waals surface area contributed by atoms with E-state index in [1.165, 1.54) is 0 Å². The van der Waals surface area contributed by atoms with E-state index in [0.29, 0.717) is 11.4 Å². The monoisotopic (exact) mass is 369 g/mol. The highest BCUT2D eigenvalue weighted by atomic mass is 32.2. The Morgan fingerprint density at radius 1 is 0.962 bits per heavy atom. The second kappa shape index (κ2) is 6.61. The number of rotatable bonds is 4. The number of hydrogen-bond acceptors (Lipinski definition) is 3. The van der Waals surface area contributed by atoms with E-state index >= 15 is 0 Å². The predicted octanol–water partition coefficient (Wildman–Crippen LogP) is 4.28. The van der Waals surface area contributed by atoms with Gasteiger partial charge in [-0.15, -0.1) is 0 Å². The Hall–Kier alpha value is -2.60. The molecule has 5 nitrogen and oxygen atoms in total. The van der Waals surface area contributed by atoms with Gasteiger partial charge in [0.25, 0.3) is 10.0 Å². The molecule has 1 heterocycles. The quantitative estimate of drug-likeness (QED) is 0.746. The standard InChI is InChI=1S/C20H23N3O2S/c1-15-10-8-9-13-17(15)22-26(24,25)18-14-23(16-11-6-5-7-12-16)21-19(18)20(2,3)4/h5-14,22H,1-4H3. The average molecular weight is 369 g/mol. The van der Waals surface area contributed by atoms with Gasteiger partial charge in [-0.3, -0.25) is 4.72 Å². The Balaban J connectivity index is 2.11. The number of aromatic nitrogens is 2. The molecule has 0 bridgehead atoms. The maximum Gasteiger partial charge on any atom is 0.265 e. The third-order valence-corrected chi connectivity index (χ3v) is 5.46. The van der Waals surface area contributed by atoms with Crippen LogP contribution in [0.15, 0.2) is 65.7 Å². The molecular weight excluding hydrogens is 346 g/mol. The SMILES string of the molecule is Cc1ccccc1NS(=O)(=O)c1cn(-c2ccccc2)nc1C(C)(C)C. The molecule has 136 valence electrons. The zero-order valence-corrected chi connectivity index (χ0v) is 16.2. The van der Waals surface area contributed by atoms with Crippen LogP contribution in [0.4, 0.5) is 5.69 Å². The highest BCUT2D eigenvalue weighted by molar-refractivity contribution is 7.92. The van der Waals surface area contributed by atoms with Gasteiger partial charge in [0, 0.05) is 5.41 Å². The van der Waals surface area contributed by atoms with Crippen molar-refractivity contribution < 1.29 is 8.42 Å². The second-order valence-electron chi connectivity index (χ2n) is 7.29. The summed E-state index contributed by atoms with van der Waals surface area (Å²) in [5.74, 6) is 0. The number of nitrogens with zero attached hydrogens (tertiary/aromatic N) is 2. The van der Waals surface area contributed by atoms with Crippen LogP contribution in [-0.4, -0.2) is 18.2 Å². The Bertz CT molecular complexity index is 1020. The molecule has 3 rings (SSSR count). The van der Waals surface area contributed by atoms with Gasteiger partial charge in [-0.25, -0.2) is 13.1 Å². The van der Waals surface area contributed by atoms with Gasteiger partial charge in [-0.1, -0.05) is 57.2 Å². The molecule has 0 aliphatic heterocycles. The Labute approximate surface area is 154 Å². The van der Waals surface area contributed by atoms with Crippen molar-refractivity contribution in [1.82, 2.24) is 9.78 Å². The maximum absolute atomic E-state index is 13.1. The number of anilines is 1. The maximum atomic E-state index is 13.1. The van der Waals surface area contributed by atoms with Crippen LogP contribution in [-0.2, 0) is 15.4 Å². The molecule has 2 aromatic carbocycles. The van der Waals surface area contributed by atoms with Crippen LogP contribution in [0.25, 0.3) is 5.69 Å². The molecule has 0 spiro atoms. The van der Waals surface area contributed by atoms with Gasteiger partial charge in [-0.2, -0.15) is 5.10 Å². The lowest BCUT2D eigenvalue weighted by atomic mass is 9.92. The van der Waals surface area contributed by atoms with Crippen molar-refractivity contribution in [2.24, 2.45) is 0 Å². The van der Waals surface area contributed by atoms with Crippen molar-refractivity contribution >= 4 is 15.7 Å². The average Bonchev–Trinajstić information content (AvgIpc) is 3.04. The van der Waals surface area contributed by atoms with E-state index in [1.807, 2.05) is 76.2 Å². The number of hydrogen-bond donors (Lipinski definition) is 1. The highest BCUT2D eigenvalue weighted by Crippen LogP contribution is 2.30. The summed E-state index contributed by atoms with van der Waals surface area (Å²) in [7, 11) is -3.77. The van der Waals surface area contributed by atoms with Crippen molar-refractivity contribution in [3.8, 4) is 5.69 Å². The van der Waals surface area contributed by atoms with Gasteiger partial charge >= 0.3 is 0 Å². The number of benzene rings is 2. The van der Waals surface area contributed by atoms with Crippen molar-refractivity contribution in [1.29, 1.82) is 0 Å². The topological polar surface area (TPSA) is 64.0 Å². The van der Waals surface area contributed by atoms with Crippen LogP contribution in [0.2, 0.25) is 0 Å². The van der Waals surface area contributed by atoms with E-state index in [2.05, 4.69) is 9.82 Å². The number of aryl methyl sites for hydroxylation is 1. The molecule has 1 aromatic heterocycles. The van der Waals surface area contributed by atoms with Crippen molar-refractivity contribution in [2.45, 2.75) is 38.0 Å². The summed E-state index contributed by atoms with van der Waals surface area (Å²) in [6, 6.07) is 16.8. The minimum atomic E-state index is -3.77. The Morgan fingerprint density at radius 3 is 2.19 bits per heavy atom. The molecule has 1 N–H and O–H groups in total. The molecule has 26 heavy (non-hydrogen) atoms. The van der Waals surface area contributed by atoms with E-state index in [1.54, 1.807) is 16.9 Å². The van der Waals surface area contributed by atoms with E-state index in [4.69, 9.17) is 0 Å². The Morgan fingerprint density at radius 2 is 1.58 bits per heavy atom. The fraction of sp³-hybridized carbons (Fsp3) is 0.250. The summed E-state index contributed by atoms with van der Waals surface area (Å²) in [4.78, 5) is 0.192. The summed E-state index contributed by atoms with van der Waals surface area (Å²) in [5, 5.41) is 4.58. The van der Waals surface area contributed by atoms with E-state index in [9.17, 15) is 8.42 Å². The molecule has 6 heteroatoms. The van der Waals surface area contributed by atoms with Crippen LogP contribution in [0, 0.1) is 6.92 Å². The zero-order chi connectivity index (χ0) is 18.9. The van der Waals surface area contributed by atoms with E-state index in [-0.39, 0.29) is 4.90 Å². The minimum Gasteiger partial charge on any atom is -0.279 e. The van der Waals surface area contributed by atoms with Crippen molar-refractivity contribution in [3.05, 3.63) is 72.1 Å². The van der Waals surface area contributed by atoms with Gasteiger partial charge in [0.1, 0.15) is 4.90 Å². The first-order valence-corrected chi connectivity index (χ1v) is 9.91. The van der Waals surface area contributed by atoms with Crippen LogP contribution >= 0.6 is 0 Å². The molecular formula is C20H23N3O2S. The molecule has 0 unspecified atom stereocenters. The van der Waals surface area contributed by atoms with Crippen LogP contribution in [0.1, 0.15) is 32.0 Å². The second-order valence-corrected chi connectivity index (χ2v) is 8.94. The van der Waals surface area contributed by atoms with Crippen LogP contribution in [0.3, 0.4) is 0 Å². The molecule has 0 saturated heterocycles. The number of nitrogens with one attached hydrogen (secondary N) is 1. The molecule has 3 aromatic rings. The first kappa shape index (κ1) is 18.2. The minimum absolute atomic E-state index is 0.192. The smallest absolute Gasteiger partial charge is 0.265 e. The summed E-state index contributed by atoms with van der Waals surface area (Å²) < 4.78 is 30.5. The first-order chi connectivity index (χ1) is 12.2. The molecule has 0 radical (unpaired) electrons. The van der Waals surface area contributed by atoms with Gasteiger partial charge in [0.15, 0.2) is 0 Å². The van der Waals surface area contributed by atoms with Gasteiger partial charge in [0.2, 0.25) is 0 Å².